The van der Waals surface area contributed by atoms with Gasteiger partial charge in [0.1, 0.15) is 10.1 Å². The van der Waals surface area contributed by atoms with Crippen LogP contribution in [-0.4, -0.2) is 44.5 Å². The van der Waals surface area contributed by atoms with Gasteiger partial charge in [-0.2, -0.15) is 1.12 Å². The van der Waals surface area contributed by atoms with Crippen molar-refractivity contribution in [1.82, 2.24) is 0 Å². The van der Waals surface area contributed by atoms with Crippen LogP contribution in [0, 0.1) is 0 Å². The second kappa shape index (κ2) is 47.6. The molecular weight excluding hydrogens is 727 g/mol. The van der Waals surface area contributed by atoms with Crippen LogP contribution in [0.4, 0.5) is 0 Å². The van der Waals surface area contributed by atoms with E-state index in [1.165, 1.54) is 167 Å². The third-order valence-electron chi connectivity index (χ3n) is 9.97. The molecule has 0 fully saturated rings. The maximum atomic E-state index is 12.3. The second-order valence-electron chi connectivity index (χ2n) is 14.9. The molecule has 0 amide bonds. The maximum Gasteiger partial charge on any atom is 1.00 e. The van der Waals surface area contributed by atoms with Gasteiger partial charge in [0, 0.05) is 0 Å². The molecule has 0 bridgehead atoms. The summed E-state index contributed by atoms with van der Waals surface area (Å²) in [6.07, 6.45) is 41.7. The number of hydrogen-bond acceptors (Lipinski definition) is 8. The largest absolute Gasteiger partial charge is 1.00 e. The minimum absolute atomic E-state index is 0. The zero-order valence-electron chi connectivity index (χ0n) is 36.4. The van der Waals surface area contributed by atoms with Crippen molar-refractivity contribution in [1.29, 1.82) is 1.12 Å². The van der Waals surface area contributed by atoms with Crippen LogP contribution in [0.15, 0.2) is 0 Å². The van der Waals surface area contributed by atoms with Crippen molar-refractivity contribution in [2.45, 2.75) is 244 Å². The number of thiol groups is 1. The molecule has 53 heavy (non-hydrogen) atoms. The van der Waals surface area contributed by atoms with Crippen molar-refractivity contribution in [3.05, 3.63) is 0 Å². The second-order valence-corrected chi connectivity index (χ2v) is 16.4. The number of ether oxygens (including phenoxy) is 2. The van der Waals surface area contributed by atoms with Gasteiger partial charge in [0.15, 0.2) is 5.25 Å². The number of unbranched alkanes of at least 4 members (excludes halogenated alkanes) is 32. The maximum absolute atomic E-state index is 12.3. The summed E-state index contributed by atoms with van der Waals surface area (Å²) in [6.45, 7) is 4.74. The van der Waals surface area contributed by atoms with Gasteiger partial charge >= 0.3 is 71.1 Å². The first-order chi connectivity index (χ1) is 25.3. The first-order valence-electron chi connectivity index (χ1n) is 22.0. The zero-order chi connectivity index (χ0) is 38.8. The molecule has 0 spiro atoms. The third kappa shape index (κ3) is 45.8. The first kappa shape index (κ1) is 58.5. The molecular formula is C42H82Na2O7S2. The molecule has 0 rings (SSSR count). The summed E-state index contributed by atoms with van der Waals surface area (Å²) in [5.41, 5.74) is 0. The molecule has 0 heterocycles. The van der Waals surface area contributed by atoms with Crippen LogP contribution in [0.2, 0.25) is 0 Å². The van der Waals surface area contributed by atoms with Crippen LogP contribution in [0.3, 0.4) is 0 Å². The Hall–Kier alpha value is 1.20. The summed E-state index contributed by atoms with van der Waals surface area (Å²) in [5.74, 6) is -1.99. The Morgan fingerprint density at radius 3 is 0.943 bits per heavy atom. The molecule has 0 aliphatic heterocycles. The van der Waals surface area contributed by atoms with Crippen molar-refractivity contribution in [2.24, 2.45) is 0 Å². The Morgan fingerprint density at radius 1 is 0.472 bits per heavy atom. The van der Waals surface area contributed by atoms with Gasteiger partial charge in [-0.3, -0.25) is 9.59 Å². The van der Waals surface area contributed by atoms with E-state index in [0.717, 1.165) is 38.5 Å². The van der Waals surface area contributed by atoms with Gasteiger partial charge in [-0.05, 0) is 12.8 Å². The van der Waals surface area contributed by atoms with E-state index in [9.17, 15) is 22.6 Å². The minimum atomic E-state index is -5.02. The third-order valence-corrected chi connectivity index (χ3v) is 11.0. The Balaban J connectivity index is -0.00000307. The Bertz CT molecular complexity index is 870. The fraction of sp³-hybridized carbons (Fsp3) is 0.952. The molecule has 0 N–H and O–H groups in total. The monoisotopic (exact) mass is 810 g/mol. The molecule has 0 saturated carbocycles. The van der Waals surface area contributed by atoms with Crippen molar-refractivity contribution < 1.29 is 91.1 Å². The van der Waals surface area contributed by atoms with E-state index in [1.807, 2.05) is 0 Å². The molecule has 1 atom stereocenters. The molecule has 0 aromatic rings. The fourth-order valence-electron chi connectivity index (χ4n) is 6.62. The normalized spacial score (nSPS) is 11.7. The van der Waals surface area contributed by atoms with E-state index in [4.69, 9.17) is 10.6 Å². The van der Waals surface area contributed by atoms with Crippen LogP contribution in [0.1, 0.15) is 239 Å². The first-order valence-corrected chi connectivity index (χ1v) is 23.1. The van der Waals surface area contributed by atoms with Crippen molar-refractivity contribution in [2.75, 3.05) is 13.2 Å². The van der Waals surface area contributed by atoms with Gasteiger partial charge in [-0.25, -0.2) is 8.42 Å². The average molecular weight is 810 g/mol. The van der Waals surface area contributed by atoms with Crippen LogP contribution < -0.4 is 59.1 Å². The number of esters is 2. The van der Waals surface area contributed by atoms with E-state index in [1.54, 1.807) is 0 Å². The van der Waals surface area contributed by atoms with Crippen molar-refractivity contribution >= 4 is 35.5 Å². The molecule has 0 aromatic carbocycles. The van der Waals surface area contributed by atoms with Crippen LogP contribution >= 0.6 is 0 Å². The van der Waals surface area contributed by atoms with E-state index in [0.29, 0.717) is 12.8 Å². The Labute approximate surface area is 381 Å². The van der Waals surface area contributed by atoms with Gasteiger partial charge in [-0.1, -0.05) is 219 Å². The summed E-state index contributed by atoms with van der Waals surface area (Å²) >= 11 is 3.33. The quantitative estimate of drug-likeness (QED) is 0.0174. The summed E-state index contributed by atoms with van der Waals surface area (Å²) in [5, 5.41) is -2.05. The SMILES string of the molecule is CCCCCCCCCCCCCCCCCCCCOC(=O)C(CC(=O)OCCCCCCCCCCCCCCCCCC)S(=O)(=O)[O-].[2H][S-].[Na+].[Na+]. The smallest absolute Gasteiger partial charge is 0.813 e. The molecule has 11 heteroatoms. The topological polar surface area (TPSA) is 110 Å². The Kier molecular flexibility index (Phi) is 52.5. The molecule has 0 aliphatic carbocycles. The van der Waals surface area contributed by atoms with Crippen LogP contribution in [0.5, 0.6) is 0 Å². The predicted octanol–water partition coefficient (Wildman–Crippen LogP) is 6.42. The number of carbonyl (C=O) groups is 2. The molecule has 0 aliphatic rings. The predicted molar refractivity (Wildman–Crippen MR) is 217 cm³/mol. The van der Waals surface area contributed by atoms with Gasteiger partial charge in [0.2, 0.25) is 0 Å². The molecule has 0 radical (unpaired) electrons. The zero-order valence-corrected chi connectivity index (χ0v) is 41.0. The molecule has 0 saturated heterocycles. The van der Waals surface area contributed by atoms with E-state index < -0.39 is 33.7 Å². The summed E-state index contributed by atoms with van der Waals surface area (Å²) in [6, 6.07) is 0. The van der Waals surface area contributed by atoms with Gasteiger partial charge in [-0.15, -0.1) is 0 Å². The molecule has 306 valence electrons. The molecule has 0 aromatic heterocycles. The standard InChI is InChI=1S/C42H82O7S.2Na.H2S/c1-3-5-7-9-11-13-15-17-19-21-22-24-26-28-30-32-34-36-38-49-42(44)40(50(45,46)47)39-41(43)48-37-35-33-31-29-27-25-23-20-18-16-14-12-10-8-6-4-2;;;/h40H,3-39H2,1-2H3,(H,45,46,47);;;1H2/q;2*+1;/p-2/i/hD. The number of rotatable bonds is 40. The van der Waals surface area contributed by atoms with Crippen molar-refractivity contribution in [3.8, 4) is 0 Å². The summed E-state index contributed by atoms with van der Waals surface area (Å²) < 4.78 is 50.6. The van der Waals surface area contributed by atoms with Crippen LogP contribution in [-0.2, 0) is 42.6 Å². The van der Waals surface area contributed by atoms with E-state index in [2.05, 4.69) is 27.2 Å². The van der Waals surface area contributed by atoms with Crippen molar-refractivity contribution in [3.63, 3.8) is 0 Å². The van der Waals surface area contributed by atoms with E-state index >= 15 is 0 Å². The molecule has 1 unspecified atom stereocenters. The Morgan fingerprint density at radius 2 is 0.698 bits per heavy atom. The van der Waals surface area contributed by atoms with Gasteiger partial charge < -0.3 is 27.4 Å². The van der Waals surface area contributed by atoms with Gasteiger partial charge in [0.25, 0.3) is 0 Å². The average Bonchev–Trinajstić information content (AvgIpc) is 3.13. The summed E-state index contributed by atoms with van der Waals surface area (Å²) in [4.78, 5) is 24.5. The number of hydrogen-bond donors (Lipinski definition) is 0. The van der Waals surface area contributed by atoms with E-state index in [-0.39, 0.29) is 72.3 Å². The van der Waals surface area contributed by atoms with Crippen LogP contribution in [0.25, 0.3) is 0 Å². The molecule has 7 nitrogen and oxygen atoms in total. The number of carbonyl (C=O) groups excluding carboxylic acids is 2. The summed E-state index contributed by atoms with van der Waals surface area (Å²) in [7, 11) is -5.02. The van der Waals surface area contributed by atoms with Gasteiger partial charge in [0.05, 0.1) is 19.6 Å². The fourth-order valence-corrected chi connectivity index (χ4v) is 7.26. The minimum Gasteiger partial charge on any atom is -0.813 e.